The SMILES string of the molecule is C[C@H]1CN(C)CCN1c1nc(-c2c(F)cccc2Cl)c(Cl)c2c1C(=O)N1CCN(C(=O)OC(C)(C)C)C[C@@H]1CO2. The lowest BCUT2D eigenvalue weighted by molar-refractivity contribution is 0.000952. The van der Waals surface area contributed by atoms with E-state index in [1.165, 1.54) is 12.1 Å². The summed E-state index contributed by atoms with van der Waals surface area (Å²) in [7, 11) is 2.04. The van der Waals surface area contributed by atoms with E-state index in [2.05, 4.69) is 11.8 Å². The molecular formula is C28H34Cl2FN5O4. The van der Waals surface area contributed by atoms with Crippen molar-refractivity contribution in [2.75, 3.05) is 57.8 Å². The Balaban J connectivity index is 1.59. The lowest BCUT2D eigenvalue weighted by atomic mass is 10.0. The fraction of sp³-hybridized carbons (Fsp3) is 0.536. The zero-order chi connectivity index (χ0) is 28.9. The summed E-state index contributed by atoms with van der Waals surface area (Å²) in [5.74, 6) is -0.336. The summed E-state index contributed by atoms with van der Waals surface area (Å²) in [6.45, 7) is 10.5. The van der Waals surface area contributed by atoms with Crippen LogP contribution in [0.25, 0.3) is 11.3 Å². The van der Waals surface area contributed by atoms with Crippen LogP contribution in [-0.2, 0) is 4.74 Å². The Morgan fingerprint density at radius 1 is 1.10 bits per heavy atom. The quantitative estimate of drug-likeness (QED) is 0.495. The van der Waals surface area contributed by atoms with Crippen molar-refractivity contribution in [1.29, 1.82) is 0 Å². The Labute approximate surface area is 243 Å². The van der Waals surface area contributed by atoms with Gasteiger partial charge in [-0.3, -0.25) is 4.79 Å². The van der Waals surface area contributed by atoms with E-state index in [-0.39, 0.29) is 57.7 Å². The molecular weight excluding hydrogens is 560 g/mol. The van der Waals surface area contributed by atoms with Gasteiger partial charge in [0.15, 0.2) is 5.75 Å². The number of hydrogen-bond donors (Lipinski definition) is 0. The third kappa shape index (κ3) is 5.41. The molecule has 2 aromatic rings. The van der Waals surface area contributed by atoms with Crippen molar-refractivity contribution < 1.29 is 23.5 Å². The maximum absolute atomic E-state index is 15.1. The van der Waals surface area contributed by atoms with Crippen molar-refractivity contribution in [3.8, 4) is 17.0 Å². The summed E-state index contributed by atoms with van der Waals surface area (Å²) in [6, 6.07) is 3.95. The average molecular weight is 595 g/mol. The lowest BCUT2D eigenvalue weighted by Crippen LogP contribution is -2.58. The van der Waals surface area contributed by atoms with Gasteiger partial charge in [-0.2, -0.15) is 0 Å². The van der Waals surface area contributed by atoms with E-state index in [9.17, 15) is 9.59 Å². The molecule has 0 spiro atoms. The summed E-state index contributed by atoms with van der Waals surface area (Å²) in [6.07, 6.45) is -0.440. The molecule has 0 bridgehead atoms. The van der Waals surface area contributed by atoms with Crippen LogP contribution in [0.5, 0.6) is 5.75 Å². The molecule has 1 aromatic heterocycles. The molecule has 5 rings (SSSR count). The Bertz CT molecular complexity index is 1320. The van der Waals surface area contributed by atoms with Gasteiger partial charge in [-0.05, 0) is 46.9 Å². The number of rotatable bonds is 2. The van der Waals surface area contributed by atoms with E-state index in [4.69, 9.17) is 37.7 Å². The van der Waals surface area contributed by atoms with Crippen molar-refractivity contribution in [3.05, 3.63) is 39.6 Å². The Kier molecular flexibility index (Phi) is 7.80. The number of halogens is 3. The molecule has 2 atom stereocenters. The number of nitrogens with zero attached hydrogens (tertiary/aromatic N) is 5. The number of hydrogen-bond acceptors (Lipinski definition) is 7. The number of fused-ring (bicyclic) bond motifs is 2. The second kappa shape index (κ2) is 10.9. The van der Waals surface area contributed by atoms with Gasteiger partial charge in [-0.1, -0.05) is 29.3 Å². The number of carbonyl (C=O) groups is 2. The molecule has 9 nitrogen and oxygen atoms in total. The molecule has 0 aliphatic carbocycles. The van der Waals surface area contributed by atoms with E-state index < -0.39 is 23.6 Å². The van der Waals surface area contributed by atoms with Gasteiger partial charge >= 0.3 is 6.09 Å². The zero-order valence-corrected chi connectivity index (χ0v) is 24.9. The summed E-state index contributed by atoms with van der Waals surface area (Å²) in [5.41, 5.74) is -0.231. The van der Waals surface area contributed by atoms with Crippen LogP contribution in [0.1, 0.15) is 38.1 Å². The van der Waals surface area contributed by atoms with Gasteiger partial charge in [0.2, 0.25) is 0 Å². The number of ether oxygens (including phenoxy) is 2. The first-order valence-electron chi connectivity index (χ1n) is 13.4. The number of likely N-dealkylation sites (N-methyl/N-ethyl adjacent to an activating group) is 1. The maximum Gasteiger partial charge on any atom is 0.410 e. The number of carbonyl (C=O) groups excluding carboxylic acids is 2. The summed E-state index contributed by atoms with van der Waals surface area (Å²) < 4.78 is 26.9. The molecule has 3 aliphatic heterocycles. The first-order chi connectivity index (χ1) is 18.9. The molecule has 4 heterocycles. The summed E-state index contributed by atoms with van der Waals surface area (Å²) in [5, 5.41) is 0.168. The van der Waals surface area contributed by atoms with Crippen LogP contribution in [-0.4, -0.2) is 102 Å². The number of benzene rings is 1. The van der Waals surface area contributed by atoms with E-state index in [1.807, 2.05) is 32.7 Å². The molecule has 2 amide bonds. The van der Waals surface area contributed by atoms with E-state index in [0.717, 1.165) is 13.1 Å². The first-order valence-corrected chi connectivity index (χ1v) is 14.2. The zero-order valence-electron chi connectivity index (χ0n) is 23.3. The number of pyridine rings is 1. The number of anilines is 1. The van der Waals surface area contributed by atoms with Gasteiger partial charge in [0.1, 0.15) is 34.4 Å². The van der Waals surface area contributed by atoms with Gasteiger partial charge < -0.3 is 29.1 Å². The minimum absolute atomic E-state index is 0.0105. The van der Waals surface area contributed by atoms with E-state index in [1.54, 1.807) is 15.9 Å². The van der Waals surface area contributed by atoms with Crippen LogP contribution in [0, 0.1) is 5.82 Å². The van der Waals surface area contributed by atoms with Gasteiger partial charge in [-0.25, -0.2) is 14.2 Å². The lowest BCUT2D eigenvalue weighted by Gasteiger charge is -2.41. The molecule has 1 aromatic carbocycles. The normalized spacial score (nSPS) is 21.9. The fourth-order valence-electron chi connectivity index (χ4n) is 5.49. The van der Waals surface area contributed by atoms with Crippen molar-refractivity contribution in [3.63, 3.8) is 0 Å². The smallest absolute Gasteiger partial charge is 0.410 e. The fourth-order valence-corrected chi connectivity index (χ4v) is 6.03. The number of piperazine rings is 2. The van der Waals surface area contributed by atoms with Crippen LogP contribution in [0.2, 0.25) is 10.0 Å². The minimum Gasteiger partial charge on any atom is -0.489 e. The van der Waals surface area contributed by atoms with Crippen LogP contribution >= 0.6 is 23.2 Å². The second-order valence-corrected chi connectivity index (χ2v) is 12.4. The summed E-state index contributed by atoms with van der Waals surface area (Å²) in [4.78, 5) is 39.4. The number of aromatic nitrogens is 1. The van der Waals surface area contributed by atoms with Crippen molar-refractivity contribution in [2.45, 2.75) is 45.4 Å². The highest BCUT2D eigenvalue weighted by Gasteiger charge is 2.42. The highest BCUT2D eigenvalue weighted by Crippen LogP contribution is 2.46. The second-order valence-electron chi connectivity index (χ2n) is 11.6. The molecule has 40 heavy (non-hydrogen) atoms. The highest BCUT2D eigenvalue weighted by molar-refractivity contribution is 6.37. The molecule has 12 heteroatoms. The highest BCUT2D eigenvalue weighted by atomic mass is 35.5. The third-order valence-electron chi connectivity index (χ3n) is 7.41. The first kappa shape index (κ1) is 28.7. The van der Waals surface area contributed by atoms with E-state index >= 15 is 4.39 Å². The molecule has 2 saturated heterocycles. The standard InChI is InChI=1S/C28H34Cl2FN5O4/c1-16-13-33(5)9-11-35(16)25-21-24(22(30)23(32-25)20-18(29)7-6-8-19(20)31)39-15-17-14-34(10-12-36(17)26(21)37)27(38)40-28(2,3)4/h6-8,16-17H,9-15H2,1-5H3/t16-,17+/m0/s1. The van der Waals surface area contributed by atoms with Crippen LogP contribution in [0.4, 0.5) is 15.0 Å². The minimum atomic E-state index is -0.641. The van der Waals surface area contributed by atoms with Crippen LogP contribution < -0.4 is 9.64 Å². The van der Waals surface area contributed by atoms with Gasteiger partial charge in [0, 0.05) is 45.3 Å². The molecule has 3 aliphatic rings. The Hall–Kier alpha value is -2.82. The largest absolute Gasteiger partial charge is 0.489 e. The predicted molar refractivity (Wildman–Crippen MR) is 152 cm³/mol. The van der Waals surface area contributed by atoms with Gasteiger partial charge in [-0.15, -0.1) is 0 Å². The van der Waals surface area contributed by atoms with Crippen molar-refractivity contribution in [1.82, 2.24) is 19.7 Å². The average Bonchev–Trinajstić information content (AvgIpc) is 3.01. The third-order valence-corrected chi connectivity index (χ3v) is 8.07. The monoisotopic (exact) mass is 593 g/mol. The van der Waals surface area contributed by atoms with Crippen LogP contribution in [0.3, 0.4) is 0 Å². The summed E-state index contributed by atoms with van der Waals surface area (Å²) >= 11 is 13.3. The predicted octanol–water partition coefficient (Wildman–Crippen LogP) is 4.79. The van der Waals surface area contributed by atoms with Crippen LogP contribution in [0.15, 0.2) is 18.2 Å². The topological polar surface area (TPSA) is 78.5 Å². The molecule has 0 N–H and O–H groups in total. The molecule has 0 radical (unpaired) electrons. The number of amides is 2. The van der Waals surface area contributed by atoms with Crippen molar-refractivity contribution >= 4 is 41.0 Å². The Morgan fingerprint density at radius 2 is 1.82 bits per heavy atom. The van der Waals surface area contributed by atoms with Gasteiger partial charge in [0.25, 0.3) is 5.91 Å². The maximum atomic E-state index is 15.1. The molecule has 0 unspecified atom stereocenters. The Morgan fingerprint density at radius 3 is 2.50 bits per heavy atom. The van der Waals surface area contributed by atoms with Gasteiger partial charge in [0.05, 0.1) is 22.3 Å². The molecule has 216 valence electrons. The van der Waals surface area contributed by atoms with Crippen molar-refractivity contribution in [2.24, 2.45) is 0 Å². The van der Waals surface area contributed by atoms with E-state index in [0.29, 0.717) is 25.5 Å². The molecule has 2 fully saturated rings. The molecule has 0 saturated carbocycles.